The first-order valence-electron chi connectivity index (χ1n) is 4.92. The zero-order valence-corrected chi connectivity index (χ0v) is 8.07. The minimum absolute atomic E-state index is 0.00898. The summed E-state index contributed by atoms with van der Waals surface area (Å²) in [7, 11) is 0. The van der Waals surface area contributed by atoms with Gasteiger partial charge in [-0.2, -0.15) is 0 Å². The van der Waals surface area contributed by atoms with Crippen LogP contribution in [0.3, 0.4) is 0 Å². The fraction of sp³-hybridized carbons (Fsp3) is 1.00. The van der Waals surface area contributed by atoms with Crippen molar-refractivity contribution in [2.45, 2.75) is 19.3 Å². The fourth-order valence-corrected chi connectivity index (χ4v) is 1.78. The van der Waals surface area contributed by atoms with Crippen LogP contribution < -0.4 is 0 Å². The van der Waals surface area contributed by atoms with E-state index in [1.165, 1.54) is 0 Å². The van der Waals surface area contributed by atoms with Gasteiger partial charge in [0.2, 0.25) is 0 Å². The maximum absolute atomic E-state index is 5.45. The van der Waals surface area contributed by atoms with Crippen LogP contribution in [-0.2, 0) is 14.2 Å². The van der Waals surface area contributed by atoms with E-state index in [0.717, 1.165) is 39.5 Å². The van der Waals surface area contributed by atoms with Gasteiger partial charge in [0.1, 0.15) is 0 Å². The zero-order chi connectivity index (χ0) is 9.10. The first-order chi connectivity index (χ1) is 6.34. The highest BCUT2D eigenvalue weighted by molar-refractivity contribution is 4.69. The first kappa shape index (κ1) is 9.40. The Kier molecular flexibility index (Phi) is 3.16. The summed E-state index contributed by atoms with van der Waals surface area (Å²) in [6, 6.07) is 0. The van der Waals surface area contributed by atoms with Crippen LogP contribution in [0.2, 0.25) is 0 Å². The van der Waals surface area contributed by atoms with Crippen LogP contribution in [0.1, 0.15) is 6.92 Å². The van der Waals surface area contributed by atoms with Gasteiger partial charge in [-0.25, -0.2) is 0 Å². The fourth-order valence-electron chi connectivity index (χ4n) is 1.78. The molecule has 0 amide bonds. The van der Waals surface area contributed by atoms with Gasteiger partial charge in [0.05, 0.1) is 25.9 Å². The first-order valence-corrected chi connectivity index (χ1v) is 4.92. The van der Waals surface area contributed by atoms with Gasteiger partial charge in [-0.15, -0.1) is 0 Å². The molecule has 2 heterocycles. The third kappa shape index (κ3) is 2.64. The number of ether oxygens (including phenoxy) is 3. The van der Waals surface area contributed by atoms with Crippen molar-refractivity contribution in [3.05, 3.63) is 0 Å². The van der Waals surface area contributed by atoms with Gasteiger partial charge in [-0.05, 0) is 6.92 Å². The topological polar surface area (TPSA) is 30.9 Å². The maximum Gasteiger partial charge on any atom is 0.170 e. The second-order valence-corrected chi connectivity index (χ2v) is 3.61. The van der Waals surface area contributed by atoms with Gasteiger partial charge in [0, 0.05) is 19.6 Å². The molecule has 13 heavy (non-hydrogen) atoms. The Morgan fingerprint density at radius 3 is 2.62 bits per heavy atom. The monoisotopic (exact) mass is 187 g/mol. The van der Waals surface area contributed by atoms with Gasteiger partial charge in [0.15, 0.2) is 6.29 Å². The van der Waals surface area contributed by atoms with E-state index in [9.17, 15) is 0 Å². The molecule has 0 aromatic carbocycles. The predicted octanol–water partition coefficient (Wildman–Crippen LogP) is 0.0800. The Balaban J connectivity index is 1.73. The van der Waals surface area contributed by atoms with Crippen molar-refractivity contribution in [3.63, 3.8) is 0 Å². The normalized spacial score (nSPS) is 32.5. The molecule has 0 aliphatic carbocycles. The van der Waals surface area contributed by atoms with Gasteiger partial charge in [-0.3, -0.25) is 4.90 Å². The molecular weight excluding hydrogens is 170 g/mol. The van der Waals surface area contributed by atoms with Gasteiger partial charge in [-0.1, -0.05) is 0 Å². The summed E-state index contributed by atoms with van der Waals surface area (Å²) in [5, 5.41) is 0. The van der Waals surface area contributed by atoms with Gasteiger partial charge in [0.25, 0.3) is 0 Å². The van der Waals surface area contributed by atoms with Crippen LogP contribution >= 0.6 is 0 Å². The molecule has 0 aromatic rings. The summed E-state index contributed by atoms with van der Waals surface area (Å²) in [4.78, 5) is 2.34. The minimum atomic E-state index is -0.00898. The second-order valence-electron chi connectivity index (χ2n) is 3.61. The smallest absolute Gasteiger partial charge is 0.170 e. The third-order valence-corrected chi connectivity index (χ3v) is 2.42. The largest absolute Gasteiger partial charge is 0.376 e. The molecule has 76 valence electrons. The summed E-state index contributed by atoms with van der Waals surface area (Å²) in [5.41, 5.74) is 0. The quantitative estimate of drug-likeness (QED) is 0.612. The molecule has 0 bridgehead atoms. The summed E-state index contributed by atoms with van der Waals surface area (Å²) < 4.78 is 16.2. The third-order valence-electron chi connectivity index (χ3n) is 2.42. The standard InChI is InChI=1S/C9H17NO3/c1-8-6-10(2-3-11-8)7-9-12-4-5-13-9/h8-9H,2-7H2,1H3. The van der Waals surface area contributed by atoms with Crippen LogP contribution in [0.4, 0.5) is 0 Å². The molecule has 0 spiro atoms. The average molecular weight is 187 g/mol. The molecule has 1 unspecified atom stereocenters. The maximum atomic E-state index is 5.45. The van der Waals surface area contributed by atoms with Crippen LogP contribution in [0.5, 0.6) is 0 Å². The van der Waals surface area contributed by atoms with Crippen molar-refractivity contribution < 1.29 is 14.2 Å². The van der Waals surface area contributed by atoms with Crippen molar-refractivity contribution in [1.82, 2.24) is 4.90 Å². The molecule has 2 aliphatic heterocycles. The van der Waals surface area contributed by atoms with E-state index in [1.807, 2.05) is 0 Å². The molecule has 2 aliphatic rings. The van der Waals surface area contributed by atoms with E-state index >= 15 is 0 Å². The molecular formula is C9H17NO3. The molecule has 4 nitrogen and oxygen atoms in total. The molecule has 0 aromatic heterocycles. The van der Waals surface area contributed by atoms with Crippen LogP contribution in [-0.4, -0.2) is 56.7 Å². The van der Waals surface area contributed by atoms with Crippen molar-refractivity contribution in [2.24, 2.45) is 0 Å². The summed E-state index contributed by atoms with van der Waals surface area (Å²) >= 11 is 0. The van der Waals surface area contributed by atoms with Crippen LogP contribution in [0.15, 0.2) is 0 Å². The minimum Gasteiger partial charge on any atom is -0.376 e. The van der Waals surface area contributed by atoms with E-state index in [4.69, 9.17) is 14.2 Å². The molecule has 0 saturated carbocycles. The lowest BCUT2D eigenvalue weighted by molar-refractivity contribution is -0.0887. The predicted molar refractivity (Wildman–Crippen MR) is 47.5 cm³/mol. The lowest BCUT2D eigenvalue weighted by atomic mass is 10.3. The van der Waals surface area contributed by atoms with E-state index in [0.29, 0.717) is 6.10 Å². The SMILES string of the molecule is CC1CN(CC2OCCO2)CCO1. The second kappa shape index (κ2) is 4.37. The molecule has 4 heteroatoms. The average Bonchev–Trinajstić information content (AvgIpc) is 2.57. The number of rotatable bonds is 2. The zero-order valence-electron chi connectivity index (χ0n) is 8.07. The Bertz CT molecular complexity index is 159. The number of hydrogen-bond acceptors (Lipinski definition) is 4. The van der Waals surface area contributed by atoms with Gasteiger partial charge < -0.3 is 14.2 Å². The van der Waals surface area contributed by atoms with E-state index in [2.05, 4.69) is 11.8 Å². The summed E-state index contributed by atoms with van der Waals surface area (Å²) in [6.45, 7) is 7.27. The molecule has 1 atom stereocenters. The number of morpholine rings is 1. The van der Waals surface area contributed by atoms with Crippen LogP contribution in [0, 0.1) is 0 Å². The lowest BCUT2D eigenvalue weighted by Gasteiger charge is -2.32. The summed E-state index contributed by atoms with van der Waals surface area (Å²) in [5.74, 6) is 0. The molecule has 2 rings (SSSR count). The van der Waals surface area contributed by atoms with E-state index in [1.54, 1.807) is 0 Å². The van der Waals surface area contributed by atoms with Crippen molar-refractivity contribution >= 4 is 0 Å². The number of hydrogen-bond donors (Lipinski definition) is 0. The Morgan fingerprint density at radius 2 is 1.92 bits per heavy atom. The highest BCUT2D eigenvalue weighted by atomic mass is 16.7. The van der Waals surface area contributed by atoms with Crippen LogP contribution in [0.25, 0.3) is 0 Å². The van der Waals surface area contributed by atoms with E-state index < -0.39 is 0 Å². The molecule has 2 fully saturated rings. The number of nitrogens with zero attached hydrogens (tertiary/aromatic N) is 1. The summed E-state index contributed by atoms with van der Waals surface area (Å²) in [6.07, 6.45) is 0.334. The van der Waals surface area contributed by atoms with E-state index in [-0.39, 0.29) is 6.29 Å². The van der Waals surface area contributed by atoms with Crippen molar-refractivity contribution in [3.8, 4) is 0 Å². The van der Waals surface area contributed by atoms with Crippen molar-refractivity contribution in [2.75, 3.05) is 39.5 Å². The molecule has 2 saturated heterocycles. The Labute approximate surface area is 78.7 Å². The lowest BCUT2D eigenvalue weighted by Crippen LogP contribution is -2.44. The highest BCUT2D eigenvalue weighted by Crippen LogP contribution is 2.09. The Hall–Kier alpha value is -0.160. The molecule has 0 radical (unpaired) electrons. The van der Waals surface area contributed by atoms with Crippen molar-refractivity contribution in [1.29, 1.82) is 0 Å². The molecule has 0 N–H and O–H groups in total. The Morgan fingerprint density at radius 1 is 1.15 bits per heavy atom. The highest BCUT2D eigenvalue weighted by Gasteiger charge is 2.23. The van der Waals surface area contributed by atoms with Gasteiger partial charge >= 0.3 is 0 Å².